The molecule has 2 aromatic rings. The first kappa shape index (κ1) is 22.7. The summed E-state index contributed by atoms with van der Waals surface area (Å²) in [6.07, 6.45) is -7.96. The topological polar surface area (TPSA) is 63.1 Å². The summed E-state index contributed by atoms with van der Waals surface area (Å²) in [5.74, 6) is 2.53. The Labute approximate surface area is 181 Å². The predicted molar refractivity (Wildman–Crippen MR) is 102 cm³/mol. The molecule has 0 spiro atoms. The lowest BCUT2D eigenvalue weighted by Gasteiger charge is -2.37. The van der Waals surface area contributed by atoms with E-state index in [0.717, 1.165) is 18.3 Å². The van der Waals surface area contributed by atoms with Crippen molar-refractivity contribution in [2.24, 2.45) is 5.92 Å². The van der Waals surface area contributed by atoms with E-state index in [1.807, 2.05) is 5.32 Å². The van der Waals surface area contributed by atoms with E-state index in [-0.39, 0.29) is 22.7 Å². The third kappa shape index (κ3) is 4.15. The third-order valence-electron chi connectivity index (χ3n) is 5.27. The number of hydrogen-bond donors (Lipinski definition) is 2. The average molecular weight is 473 g/mol. The van der Waals surface area contributed by atoms with Crippen LogP contribution in [0.4, 0.5) is 41.2 Å². The first-order chi connectivity index (χ1) is 15.3. The summed E-state index contributed by atoms with van der Waals surface area (Å²) in [6, 6.07) is 2.62. The number of carbonyl (C=O) groups is 1. The van der Waals surface area contributed by atoms with Gasteiger partial charge in [-0.15, -0.1) is 0 Å². The zero-order chi connectivity index (χ0) is 24.2. The van der Waals surface area contributed by atoms with Crippen LogP contribution in [0.15, 0.2) is 35.3 Å². The maximum atomic E-state index is 14.1. The molecule has 0 radical (unpaired) electrons. The van der Waals surface area contributed by atoms with Crippen molar-refractivity contribution >= 4 is 11.7 Å². The number of anilines is 1. The van der Waals surface area contributed by atoms with E-state index in [4.69, 9.17) is 0 Å². The number of aromatic nitrogens is 1. The summed E-state index contributed by atoms with van der Waals surface area (Å²) in [5.41, 5.74) is -6.70. The van der Waals surface area contributed by atoms with Crippen molar-refractivity contribution in [3.05, 3.63) is 63.3 Å². The lowest BCUT2D eigenvalue weighted by molar-refractivity contribution is -0.178. The standard InChI is InChI=1S/C21H14F7N3O2/c22-16-14(20(23,24)25)6-8-31(17(16)32)10-12-3-4-13-15(9-12)29-18(33)30-19(13,21(26,27)28)7-5-11-1-2-11/h3-4,6,8-9,11H,1-2,10H2,(H2,29,30,33)/t19-/m0/s1. The Morgan fingerprint density at radius 1 is 1.09 bits per heavy atom. The Kier molecular flexibility index (Phi) is 5.18. The van der Waals surface area contributed by atoms with Crippen LogP contribution >= 0.6 is 0 Å². The van der Waals surface area contributed by atoms with E-state index in [2.05, 4.69) is 17.2 Å². The van der Waals surface area contributed by atoms with Crippen LogP contribution in [-0.4, -0.2) is 16.8 Å². The monoisotopic (exact) mass is 473 g/mol. The fraction of sp³-hybridized carbons (Fsp3) is 0.333. The molecule has 0 unspecified atom stereocenters. The minimum atomic E-state index is -5.06. The summed E-state index contributed by atoms with van der Waals surface area (Å²) < 4.78 is 95.1. The van der Waals surface area contributed by atoms with Gasteiger partial charge in [-0.05, 0) is 30.5 Å². The molecule has 12 heteroatoms. The van der Waals surface area contributed by atoms with E-state index in [0.29, 0.717) is 23.5 Å². The Hall–Kier alpha value is -3.49. The zero-order valence-corrected chi connectivity index (χ0v) is 16.5. The number of halogens is 7. The van der Waals surface area contributed by atoms with Gasteiger partial charge in [-0.2, -0.15) is 26.3 Å². The predicted octanol–water partition coefficient (Wildman–Crippen LogP) is 4.36. The molecule has 2 amide bonds. The van der Waals surface area contributed by atoms with Gasteiger partial charge in [0.2, 0.25) is 11.4 Å². The highest BCUT2D eigenvalue weighted by atomic mass is 19.4. The van der Waals surface area contributed by atoms with Crippen molar-refractivity contribution in [3.8, 4) is 11.8 Å². The van der Waals surface area contributed by atoms with Gasteiger partial charge in [-0.3, -0.25) is 4.79 Å². The molecule has 1 saturated carbocycles. The second-order valence-corrected chi connectivity index (χ2v) is 7.72. The molecule has 1 aliphatic heterocycles. The van der Waals surface area contributed by atoms with Crippen molar-refractivity contribution < 1.29 is 35.5 Å². The SMILES string of the molecule is O=C1Nc2cc(Cn3ccc(C(F)(F)F)c(F)c3=O)ccc2[C@@](C#CC2CC2)(C(F)(F)F)N1. The lowest BCUT2D eigenvalue weighted by Crippen LogP contribution is -2.59. The Bertz CT molecular complexity index is 1250. The fourth-order valence-corrected chi connectivity index (χ4v) is 3.43. The third-order valence-corrected chi connectivity index (χ3v) is 5.27. The van der Waals surface area contributed by atoms with Crippen LogP contribution in [0.3, 0.4) is 0 Å². The molecular formula is C21H14F7N3O2. The molecule has 2 aliphatic rings. The smallest absolute Gasteiger partial charge is 0.310 e. The highest BCUT2D eigenvalue weighted by Gasteiger charge is 2.59. The number of pyridine rings is 1. The van der Waals surface area contributed by atoms with Gasteiger partial charge in [0.05, 0.1) is 12.1 Å². The molecule has 0 bridgehead atoms. The second-order valence-electron chi connectivity index (χ2n) is 7.72. The fourth-order valence-electron chi connectivity index (χ4n) is 3.43. The quantitative estimate of drug-likeness (QED) is 0.503. The number of benzene rings is 1. The van der Waals surface area contributed by atoms with Crippen LogP contribution in [0.2, 0.25) is 0 Å². The molecule has 5 nitrogen and oxygen atoms in total. The summed E-state index contributed by atoms with van der Waals surface area (Å²) in [6.45, 7) is -0.447. The van der Waals surface area contributed by atoms with E-state index < -0.39 is 47.4 Å². The summed E-state index contributed by atoms with van der Waals surface area (Å²) in [7, 11) is 0. The number of nitrogens with one attached hydrogen (secondary N) is 2. The van der Waals surface area contributed by atoms with Gasteiger partial charge in [0.1, 0.15) is 0 Å². The van der Waals surface area contributed by atoms with Gasteiger partial charge < -0.3 is 15.2 Å². The van der Waals surface area contributed by atoms with E-state index in [1.54, 1.807) is 0 Å². The number of alkyl halides is 6. The van der Waals surface area contributed by atoms with E-state index >= 15 is 0 Å². The summed E-state index contributed by atoms with van der Waals surface area (Å²) >= 11 is 0. The van der Waals surface area contributed by atoms with Crippen LogP contribution in [0.25, 0.3) is 0 Å². The Morgan fingerprint density at radius 2 is 1.79 bits per heavy atom. The van der Waals surface area contributed by atoms with E-state index in [9.17, 15) is 40.3 Å². The maximum absolute atomic E-state index is 14.1. The number of amides is 2. The number of urea groups is 1. The largest absolute Gasteiger partial charge is 0.427 e. The van der Waals surface area contributed by atoms with Gasteiger partial charge in [0, 0.05) is 23.4 Å². The van der Waals surface area contributed by atoms with Crippen LogP contribution in [-0.2, 0) is 18.3 Å². The molecule has 1 atom stereocenters. The van der Waals surface area contributed by atoms with Gasteiger partial charge in [-0.1, -0.05) is 24.0 Å². The molecule has 33 heavy (non-hydrogen) atoms. The minimum Gasteiger partial charge on any atom is -0.310 e. The molecule has 174 valence electrons. The van der Waals surface area contributed by atoms with Crippen LogP contribution in [0.5, 0.6) is 0 Å². The van der Waals surface area contributed by atoms with Gasteiger partial charge in [0.15, 0.2) is 0 Å². The van der Waals surface area contributed by atoms with Crippen LogP contribution in [0.1, 0.15) is 29.5 Å². The molecule has 0 saturated heterocycles. The van der Waals surface area contributed by atoms with Crippen molar-refractivity contribution in [1.82, 2.24) is 9.88 Å². The molecule has 1 aromatic heterocycles. The van der Waals surface area contributed by atoms with Crippen molar-refractivity contribution in [2.75, 3.05) is 5.32 Å². The molecule has 1 aliphatic carbocycles. The van der Waals surface area contributed by atoms with Gasteiger partial charge in [0.25, 0.3) is 5.56 Å². The second kappa shape index (κ2) is 7.54. The lowest BCUT2D eigenvalue weighted by atomic mass is 9.85. The van der Waals surface area contributed by atoms with Crippen molar-refractivity contribution in [3.63, 3.8) is 0 Å². The molecule has 2 heterocycles. The molecule has 1 fully saturated rings. The van der Waals surface area contributed by atoms with Crippen LogP contribution in [0, 0.1) is 23.6 Å². The highest BCUT2D eigenvalue weighted by Crippen LogP contribution is 2.44. The first-order valence-electron chi connectivity index (χ1n) is 9.60. The number of carbonyl (C=O) groups excluding carboxylic acids is 1. The first-order valence-corrected chi connectivity index (χ1v) is 9.60. The molecule has 1 aromatic carbocycles. The number of fused-ring (bicyclic) bond motifs is 1. The summed E-state index contributed by atoms with van der Waals surface area (Å²) in [4.78, 5) is 24.1. The Balaban J connectivity index is 1.74. The van der Waals surface area contributed by atoms with Crippen molar-refractivity contribution in [1.29, 1.82) is 0 Å². The number of nitrogens with zero attached hydrogens (tertiary/aromatic N) is 1. The zero-order valence-electron chi connectivity index (χ0n) is 16.5. The van der Waals surface area contributed by atoms with Crippen LogP contribution < -0.4 is 16.2 Å². The van der Waals surface area contributed by atoms with Gasteiger partial charge in [-0.25, -0.2) is 9.18 Å². The molecule has 4 rings (SSSR count). The van der Waals surface area contributed by atoms with Crippen molar-refractivity contribution in [2.45, 2.75) is 37.3 Å². The molecule has 2 N–H and O–H groups in total. The Morgan fingerprint density at radius 3 is 2.39 bits per heavy atom. The maximum Gasteiger partial charge on any atom is 0.427 e. The normalized spacial score (nSPS) is 20.3. The summed E-state index contributed by atoms with van der Waals surface area (Å²) in [5, 5.41) is 4.10. The van der Waals surface area contributed by atoms with E-state index in [1.165, 1.54) is 6.07 Å². The number of rotatable bonds is 2. The molecular weight excluding hydrogens is 459 g/mol. The average Bonchev–Trinajstić information content (AvgIpc) is 3.52. The van der Waals surface area contributed by atoms with Gasteiger partial charge >= 0.3 is 18.4 Å². The highest BCUT2D eigenvalue weighted by molar-refractivity contribution is 5.95. The minimum absolute atomic E-state index is 0.142. The number of hydrogen-bond acceptors (Lipinski definition) is 2.